The van der Waals surface area contributed by atoms with Crippen molar-refractivity contribution in [2.24, 2.45) is 0 Å². The standard InChI is InChI=1S/C15H12N2O2S/c1-9-8-11(10-6-4-3-5-7-10)19-14-12(9)13(18)16-15(17-14)20-2/h3-8H,1-2H3. The van der Waals surface area contributed by atoms with Crippen molar-refractivity contribution < 1.29 is 4.42 Å². The van der Waals surface area contributed by atoms with Gasteiger partial charge in [0.25, 0.3) is 5.56 Å². The van der Waals surface area contributed by atoms with E-state index in [4.69, 9.17) is 4.42 Å². The average molecular weight is 284 g/mol. The first kappa shape index (κ1) is 12.9. The van der Waals surface area contributed by atoms with Crippen LogP contribution in [-0.2, 0) is 0 Å². The molecule has 4 nitrogen and oxygen atoms in total. The van der Waals surface area contributed by atoms with Crippen molar-refractivity contribution in [3.05, 3.63) is 52.3 Å². The molecule has 0 atom stereocenters. The lowest BCUT2D eigenvalue weighted by Gasteiger charge is -2.10. The third-order valence-electron chi connectivity index (χ3n) is 3.01. The summed E-state index contributed by atoms with van der Waals surface area (Å²) in [6.07, 6.45) is 1.83. The molecule has 0 saturated heterocycles. The Balaban J connectivity index is 2.29. The van der Waals surface area contributed by atoms with Gasteiger partial charge in [0.05, 0.1) is 0 Å². The van der Waals surface area contributed by atoms with E-state index in [0.29, 0.717) is 22.4 Å². The zero-order valence-electron chi connectivity index (χ0n) is 11.1. The van der Waals surface area contributed by atoms with E-state index in [1.807, 2.05) is 49.6 Å². The summed E-state index contributed by atoms with van der Waals surface area (Å²) >= 11 is 1.32. The molecule has 0 N–H and O–H groups in total. The summed E-state index contributed by atoms with van der Waals surface area (Å²) in [7, 11) is 0. The van der Waals surface area contributed by atoms with E-state index in [0.717, 1.165) is 11.1 Å². The maximum absolute atomic E-state index is 12.0. The monoisotopic (exact) mass is 284 g/mol. The molecule has 0 aliphatic carbocycles. The fourth-order valence-corrected chi connectivity index (χ4v) is 2.40. The minimum Gasteiger partial charge on any atom is -0.437 e. The molecule has 0 amide bonds. The molecule has 0 unspecified atom stereocenters. The third kappa shape index (κ3) is 2.20. The molecule has 5 heteroatoms. The van der Waals surface area contributed by atoms with E-state index in [-0.39, 0.29) is 5.56 Å². The first-order chi connectivity index (χ1) is 9.69. The quantitative estimate of drug-likeness (QED) is 0.534. The molecule has 0 bridgehead atoms. The summed E-state index contributed by atoms with van der Waals surface area (Å²) in [6.45, 7) is 1.87. The van der Waals surface area contributed by atoms with Crippen LogP contribution in [0.25, 0.3) is 22.8 Å². The molecule has 1 aromatic carbocycles. The predicted molar refractivity (Wildman–Crippen MR) is 79.1 cm³/mol. The van der Waals surface area contributed by atoms with Gasteiger partial charge >= 0.3 is 0 Å². The second kappa shape index (κ2) is 5.09. The van der Waals surface area contributed by atoms with Crippen molar-refractivity contribution in [3.8, 4) is 22.8 Å². The first-order valence-corrected chi connectivity index (χ1v) is 7.33. The number of hydrogen-bond acceptors (Lipinski definition) is 5. The van der Waals surface area contributed by atoms with Crippen LogP contribution in [0.1, 0.15) is 5.56 Å². The number of fused-ring (bicyclic) bond motifs is 1. The Morgan fingerprint density at radius 2 is 1.90 bits per heavy atom. The minimum atomic E-state index is -0.291. The van der Waals surface area contributed by atoms with Gasteiger partial charge in [0, 0.05) is 5.56 Å². The lowest BCUT2D eigenvalue weighted by molar-refractivity contribution is 0.550. The number of thioether (sulfide) groups is 1. The van der Waals surface area contributed by atoms with Gasteiger partial charge in [-0.1, -0.05) is 42.1 Å². The predicted octanol–water partition coefficient (Wildman–Crippen LogP) is 3.23. The van der Waals surface area contributed by atoms with Gasteiger partial charge in [0.15, 0.2) is 5.16 Å². The number of aryl methyl sites for hydroxylation is 1. The Kier molecular flexibility index (Phi) is 3.28. The van der Waals surface area contributed by atoms with E-state index in [9.17, 15) is 4.79 Å². The molecule has 2 aliphatic heterocycles. The molecule has 0 saturated carbocycles. The molecule has 0 aromatic heterocycles. The topological polar surface area (TPSA) is 56.0 Å². The fourth-order valence-electron chi connectivity index (χ4n) is 2.05. The highest BCUT2D eigenvalue weighted by molar-refractivity contribution is 7.98. The lowest BCUT2D eigenvalue weighted by atomic mass is 10.1. The van der Waals surface area contributed by atoms with Crippen LogP contribution in [0.2, 0.25) is 0 Å². The Hall–Kier alpha value is -2.14. The number of aromatic nitrogens is 2. The molecular weight excluding hydrogens is 272 g/mol. The van der Waals surface area contributed by atoms with Crippen LogP contribution in [0.15, 0.2) is 50.8 Å². The highest BCUT2D eigenvalue weighted by Gasteiger charge is 2.18. The second-order valence-electron chi connectivity index (χ2n) is 4.36. The van der Waals surface area contributed by atoms with Crippen LogP contribution in [0.4, 0.5) is 0 Å². The van der Waals surface area contributed by atoms with Crippen molar-refractivity contribution in [2.45, 2.75) is 12.1 Å². The number of rotatable bonds is 2. The van der Waals surface area contributed by atoms with Crippen molar-refractivity contribution in [3.63, 3.8) is 0 Å². The SMILES string of the molecule is CSc1nc2oc(-c3ccccc3)cc(C)c-2c(=O)n1. The zero-order chi connectivity index (χ0) is 14.1. The minimum absolute atomic E-state index is 0.291. The van der Waals surface area contributed by atoms with E-state index in [2.05, 4.69) is 9.97 Å². The number of nitrogens with zero attached hydrogens (tertiary/aromatic N) is 2. The molecule has 100 valence electrons. The Bertz CT molecular complexity index is 784. The molecule has 3 rings (SSSR count). The summed E-state index contributed by atoms with van der Waals surface area (Å²) in [5.74, 6) is 1.04. The van der Waals surface area contributed by atoms with Crippen LogP contribution in [0.3, 0.4) is 0 Å². The summed E-state index contributed by atoms with van der Waals surface area (Å²) in [5.41, 5.74) is 1.93. The van der Waals surface area contributed by atoms with Gasteiger partial charge in [-0.25, -0.2) is 0 Å². The average Bonchev–Trinajstić information content (AvgIpc) is 2.47. The maximum Gasteiger partial charge on any atom is 0.285 e. The van der Waals surface area contributed by atoms with Crippen LogP contribution in [0.5, 0.6) is 0 Å². The summed E-state index contributed by atoms with van der Waals surface area (Å²) < 4.78 is 5.79. The third-order valence-corrected chi connectivity index (χ3v) is 3.56. The molecule has 20 heavy (non-hydrogen) atoms. The summed E-state index contributed by atoms with van der Waals surface area (Å²) in [5, 5.41) is 0.427. The van der Waals surface area contributed by atoms with Gasteiger partial charge in [-0.05, 0) is 24.8 Å². The van der Waals surface area contributed by atoms with Gasteiger partial charge in [-0.3, -0.25) is 4.79 Å². The van der Waals surface area contributed by atoms with Gasteiger partial charge in [-0.2, -0.15) is 9.97 Å². The van der Waals surface area contributed by atoms with Crippen LogP contribution >= 0.6 is 11.8 Å². The van der Waals surface area contributed by atoms with Crippen LogP contribution < -0.4 is 5.56 Å². The molecule has 0 spiro atoms. The van der Waals surface area contributed by atoms with Gasteiger partial charge in [0.2, 0.25) is 5.89 Å². The van der Waals surface area contributed by atoms with Gasteiger partial charge in [0.1, 0.15) is 11.3 Å². The van der Waals surface area contributed by atoms with Crippen molar-refractivity contribution >= 4 is 11.8 Å². The fraction of sp³-hybridized carbons (Fsp3) is 0.133. The van der Waals surface area contributed by atoms with Crippen molar-refractivity contribution in [2.75, 3.05) is 6.26 Å². The van der Waals surface area contributed by atoms with E-state index >= 15 is 0 Å². The normalized spacial score (nSPS) is 10.9. The zero-order valence-corrected chi connectivity index (χ0v) is 11.9. The molecule has 0 radical (unpaired) electrons. The molecule has 1 aromatic rings. The largest absolute Gasteiger partial charge is 0.437 e. The highest BCUT2D eigenvalue weighted by atomic mass is 32.2. The molecule has 0 fully saturated rings. The Labute approximate surface area is 120 Å². The molecule has 2 aliphatic rings. The van der Waals surface area contributed by atoms with Crippen molar-refractivity contribution in [1.29, 1.82) is 0 Å². The number of hydrogen-bond donors (Lipinski definition) is 0. The van der Waals surface area contributed by atoms with E-state index in [1.165, 1.54) is 11.8 Å². The van der Waals surface area contributed by atoms with Gasteiger partial charge in [-0.15, -0.1) is 0 Å². The van der Waals surface area contributed by atoms with Crippen molar-refractivity contribution in [1.82, 2.24) is 9.97 Å². The molecule has 2 heterocycles. The Morgan fingerprint density at radius 1 is 1.15 bits per heavy atom. The van der Waals surface area contributed by atoms with Crippen LogP contribution in [-0.4, -0.2) is 16.2 Å². The van der Waals surface area contributed by atoms with Gasteiger partial charge < -0.3 is 4.42 Å². The summed E-state index contributed by atoms with van der Waals surface area (Å²) in [6, 6.07) is 11.6. The maximum atomic E-state index is 12.0. The smallest absolute Gasteiger partial charge is 0.285 e. The number of benzene rings is 1. The Morgan fingerprint density at radius 3 is 2.60 bits per heavy atom. The first-order valence-electron chi connectivity index (χ1n) is 6.11. The van der Waals surface area contributed by atoms with E-state index < -0.39 is 0 Å². The lowest BCUT2D eigenvalue weighted by Crippen LogP contribution is -2.14. The van der Waals surface area contributed by atoms with Crippen LogP contribution in [0, 0.1) is 6.92 Å². The summed E-state index contributed by atoms with van der Waals surface area (Å²) in [4.78, 5) is 20.2. The molecular formula is C15H12N2O2S. The second-order valence-corrected chi connectivity index (χ2v) is 5.13. The van der Waals surface area contributed by atoms with E-state index in [1.54, 1.807) is 0 Å². The highest BCUT2D eigenvalue weighted by Crippen LogP contribution is 2.29.